The lowest BCUT2D eigenvalue weighted by atomic mass is 10.2. The molecule has 0 radical (unpaired) electrons. The van der Waals surface area contributed by atoms with Gasteiger partial charge in [0.25, 0.3) is 0 Å². The zero-order chi connectivity index (χ0) is 11.3. The lowest BCUT2D eigenvalue weighted by molar-refractivity contribution is -0.145. The fraction of sp³-hybridized carbons (Fsp3) is 0.300. The summed E-state index contributed by atoms with van der Waals surface area (Å²) in [6.07, 6.45) is 0. The average Bonchev–Trinajstić information content (AvgIpc) is 2.26. The molecule has 1 aromatic rings. The lowest BCUT2D eigenvalue weighted by Gasteiger charge is -2.09. The SMILES string of the molecule is N[C@H](CS)C(=O)OCc1ccccc1Cl. The number of carbonyl (C=O) groups excluding carboxylic acids is 1. The minimum Gasteiger partial charge on any atom is -0.460 e. The molecular formula is C10H12ClNO2S. The molecule has 0 aromatic heterocycles. The van der Waals surface area contributed by atoms with Crippen molar-refractivity contribution in [2.75, 3.05) is 5.75 Å². The van der Waals surface area contributed by atoms with Gasteiger partial charge >= 0.3 is 5.97 Å². The summed E-state index contributed by atoms with van der Waals surface area (Å²) in [5, 5.41) is 0.574. The zero-order valence-corrected chi connectivity index (χ0v) is 9.67. The molecule has 0 heterocycles. The van der Waals surface area contributed by atoms with Crippen molar-refractivity contribution < 1.29 is 9.53 Å². The molecule has 82 valence electrons. The third kappa shape index (κ3) is 3.74. The Bertz CT molecular complexity index is 346. The Labute approximate surface area is 99.0 Å². The van der Waals surface area contributed by atoms with Crippen LogP contribution in [0.2, 0.25) is 5.02 Å². The van der Waals surface area contributed by atoms with Crippen LogP contribution >= 0.6 is 24.2 Å². The van der Waals surface area contributed by atoms with Gasteiger partial charge in [0.05, 0.1) is 0 Å². The number of carbonyl (C=O) groups is 1. The molecule has 0 bridgehead atoms. The number of hydrogen-bond donors (Lipinski definition) is 2. The standard InChI is InChI=1S/C10H12ClNO2S/c11-8-4-2-1-3-7(8)5-14-10(13)9(12)6-15/h1-4,9,15H,5-6,12H2/t9-/m1/s1. The highest BCUT2D eigenvalue weighted by Gasteiger charge is 2.13. The summed E-state index contributed by atoms with van der Waals surface area (Å²) in [6.45, 7) is 0.139. The lowest BCUT2D eigenvalue weighted by Crippen LogP contribution is -2.33. The molecule has 0 unspecified atom stereocenters. The Balaban J connectivity index is 2.51. The van der Waals surface area contributed by atoms with Crippen LogP contribution in [-0.2, 0) is 16.1 Å². The molecule has 1 aromatic carbocycles. The van der Waals surface area contributed by atoms with Crippen molar-refractivity contribution in [1.82, 2.24) is 0 Å². The molecule has 1 atom stereocenters. The molecule has 0 spiro atoms. The highest BCUT2D eigenvalue weighted by atomic mass is 35.5. The minimum atomic E-state index is -0.684. The molecule has 0 amide bonds. The first kappa shape index (κ1) is 12.4. The monoisotopic (exact) mass is 245 g/mol. The quantitative estimate of drug-likeness (QED) is 0.626. The molecule has 0 aliphatic heterocycles. The number of esters is 1. The number of nitrogens with two attached hydrogens (primary N) is 1. The second-order valence-electron chi connectivity index (χ2n) is 2.99. The van der Waals surface area contributed by atoms with Crippen LogP contribution in [0.5, 0.6) is 0 Å². The van der Waals surface area contributed by atoms with Gasteiger partial charge in [-0.1, -0.05) is 29.8 Å². The van der Waals surface area contributed by atoms with Crippen molar-refractivity contribution in [3.63, 3.8) is 0 Å². The van der Waals surface area contributed by atoms with E-state index in [1.54, 1.807) is 12.1 Å². The summed E-state index contributed by atoms with van der Waals surface area (Å²) in [5.74, 6) is -0.202. The van der Waals surface area contributed by atoms with Crippen LogP contribution < -0.4 is 5.73 Å². The van der Waals surface area contributed by atoms with E-state index in [9.17, 15) is 4.79 Å². The molecular weight excluding hydrogens is 234 g/mol. The molecule has 0 saturated heterocycles. The molecule has 0 fully saturated rings. The van der Waals surface area contributed by atoms with E-state index < -0.39 is 12.0 Å². The van der Waals surface area contributed by atoms with Gasteiger partial charge < -0.3 is 10.5 Å². The zero-order valence-electron chi connectivity index (χ0n) is 8.02. The van der Waals surface area contributed by atoms with Crippen molar-refractivity contribution in [1.29, 1.82) is 0 Å². The maximum Gasteiger partial charge on any atom is 0.324 e. The van der Waals surface area contributed by atoms with Crippen molar-refractivity contribution in [3.8, 4) is 0 Å². The van der Waals surface area contributed by atoms with E-state index in [1.165, 1.54) is 0 Å². The Morgan fingerprint density at radius 2 is 2.20 bits per heavy atom. The summed E-state index contributed by atoms with van der Waals surface area (Å²) < 4.78 is 4.96. The number of thiol groups is 1. The van der Waals surface area contributed by atoms with Crippen LogP contribution in [0.3, 0.4) is 0 Å². The Morgan fingerprint density at radius 3 is 2.80 bits per heavy atom. The summed E-state index contributed by atoms with van der Waals surface area (Å²) in [5.41, 5.74) is 6.20. The van der Waals surface area contributed by atoms with Crippen LogP contribution in [0.25, 0.3) is 0 Å². The number of hydrogen-bond acceptors (Lipinski definition) is 4. The van der Waals surface area contributed by atoms with Gasteiger partial charge in [0.2, 0.25) is 0 Å². The number of rotatable bonds is 4. The van der Waals surface area contributed by atoms with Crippen molar-refractivity contribution in [3.05, 3.63) is 34.9 Å². The first-order valence-electron chi connectivity index (χ1n) is 4.41. The normalized spacial score (nSPS) is 12.2. The first-order valence-corrected chi connectivity index (χ1v) is 5.42. The summed E-state index contributed by atoms with van der Waals surface area (Å²) >= 11 is 9.79. The molecule has 5 heteroatoms. The van der Waals surface area contributed by atoms with Gasteiger partial charge in [0, 0.05) is 16.3 Å². The van der Waals surface area contributed by atoms with E-state index >= 15 is 0 Å². The summed E-state index contributed by atoms with van der Waals surface area (Å²) in [6, 6.07) is 6.49. The molecule has 0 aliphatic rings. The predicted octanol–water partition coefficient (Wildman–Crippen LogP) is 1.64. The largest absolute Gasteiger partial charge is 0.460 e. The van der Waals surface area contributed by atoms with Crippen LogP contribution in [0, 0.1) is 0 Å². The Kier molecular flexibility index (Phi) is 4.94. The Hall–Kier alpha value is -0.710. The molecule has 2 N–H and O–H groups in total. The van der Waals surface area contributed by atoms with Crippen LogP contribution in [0.15, 0.2) is 24.3 Å². The second kappa shape index (κ2) is 6.00. The van der Waals surface area contributed by atoms with E-state index in [2.05, 4.69) is 12.6 Å². The average molecular weight is 246 g/mol. The van der Waals surface area contributed by atoms with E-state index in [-0.39, 0.29) is 12.4 Å². The summed E-state index contributed by atoms with van der Waals surface area (Å²) in [7, 11) is 0. The van der Waals surface area contributed by atoms with Gasteiger partial charge in [0.1, 0.15) is 12.6 Å². The fourth-order valence-corrected chi connectivity index (χ4v) is 1.29. The van der Waals surface area contributed by atoms with Crippen molar-refractivity contribution in [2.45, 2.75) is 12.6 Å². The number of benzene rings is 1. The van der Waals surface area contributed by atoms with Crippen molar-refractivity contribution >= 4 is 30.2 Å². The highest BCUT2D eigenvalue weighted by molar-refractivity contribution is 7.80. The summed E-state index contributed by atoms with van der Waals surface area (Å²) in [4.78, 5) is 11.2. The second-order valence-corrected chi connectivity index (χ2v) is 3.76. The molecule has 3 nitrogen and oxygen atoms in total. The van der Waals surface area contributed by atoms with E-state index in [0.717, 1.165) is 5.56 Å². The van der Waals surface area contributed by atoms with E-state index in [1.807, 2.05) is 12.1 Å². The van der Waals surface area contributed by atoms with Gasteiger partial charge in [0.15, 0.2) is 0 Å². The van der Waals surface area contributed by atoms with Gasteiger partial charge in [-0.25, -0.2) is 0 Å². The number of ether oxygens (including phenoxy) is 1. The molecule has 15 heavy (non-hydrogen) atoms. The topological polar surface area (TPSA) is 52.3 Å². The number of halogens is 1. The fourth-order valence-electron chi connectivity index (χ4n) is 0.946. The maximum atomic E-state index is 11.2. The highest BCUT2D eigenvalue weighted by Crippen LogP contribution is 2.15. The van der Waals surface area contributed by atoms with Crippen LogP contribution in [0.1, 0.15) is 5.56 Å². The minimum absolute atomic E-state index is 0.139. The van der Waals surface area contributed by atoms with Gasteiger partial charge in [-0.3, -0.25) is 4.79 Å². The van der Waals surface area contributed by atoms with E-state index in [0.29, 0.717) is 5.02 Å². The van der Waals surface area contributed by atoms with Gasteiger partial charge in [-0.2, -0.15) is 12.6 Å². The third-order valence-electron chi connectivity index (χ3n) is 1.83. The van der Waals surface area contributed by atoms with Crippen LogP contribution in [0.4, 0.5) is 0 Å². The predicted molar refractivity (Wildman–Crippen MR) is 63.1 cm³/mol. The maximum absolute atomic E-state index is 11.2. The molecule has 1 rings (SSSR count). The third-order valence-corrected chi connectivity index (χ3v) is 2.59. The molecule has 0 saturated carbocycles. The van der Waals surface area contributed by atoms with Crippen molar-refractivity contribution in [2.24, 2.45) is 5.73 Å². The van der Waals surface area contributed by atoms with Crippen LogP contribution in [-0.4, -0.2) is 17.8 Å². The van der Waals surface area contributed by atoms with Gasteiger partial charge in [-0.05, 0) is 6.07 Å². The molecule has 0 aliphatic carbocycles. The van der Waals surface area contributed by atoms with Gasteiger partial charge in [-0.15, -0.1) is 0 Å². The smallest absolute Gasteiger partial charge is 0.324 e. The Morgan fingerprint density at radius 1 is 1.53 bits per heavy atom. The van der Waals surface area contributed by atoms with E-state index in [4.69, 9.17) is 22.1 Å². The first-order chi connectivity index (χ1) is 7.15.